The van der Waals surface area contributed by atoms with Crippen LogP contribution in [-0.4, -0.2) is 18.6 Å². The second-order valence-electron chi connectivity index (χ2n) is 4.32. The Labute approximate surface area is 119 Å². The molecule has 20 heavy (non-hydrogen) atoms. The van der Waals surface area contributed by atoms with Gasteiger partial charge in [-0.1, -0.05) is 13.0 Å². The van der Waals surface area contributed by atoms with Gasteiger partial charge < -0.3 is 9.47 Å². The topological polar surface area (TPSA) is 73.6 Å². The quantitative estimate of drug-likeness (QED) is 0.347. The molecule has 0 aliphatic rings. The van der Waals surface area contributed by atoms with Crippen LogP contribution in [0.5, 0.6) is 11.5 Å². The van der Waals surface area contributed by atoms with Crippen molar-refractivity contribution < 1.29 is 14.3 Å². The average molecular weight is 278 g/mol. The number of nitrogens with two attached hydrogens (primary N) is 1. The average Bonchev–Trinajstić information content (AvgIpc) is 2.47. The SMILES string of the molecule is CCOc1cc(/C=C/C(=O)NN)ccc1O[C@H](C)CC. The Balaban J connectivity index is 2.94. The number of nitrogens with one attached hydrogen (secondary N) is 1. The number of hydrogen-bond acceptors (Lipinski definition) is 4. The number of ether oxygens (including phenoxy) is 2. The molecule has 0 aliphatic heterocycles. The van der Waals surface area contributed by atoms with Crippen LogP contribution in [0.4, 0.5) is 0 Å². The van der Waals surface area contributed by atoms with Crippen molar-refractivity contribution in [3.63, 3.8) is 0 Å². The summed E-state index contributed by atoms with van der Waals surface area (Å²) in [5, 5.41) is 0. The highest BCUT2D eigenvalue weighted by Crippen LogP contribution is 2.30. The molecule has 0 aliphatic carbocycles. The lowest BCUT2D eigenvalue weighted by molar-refractivity contribution is -0.116. The van der Waals surface area contributed by atoms with Gasteiger partial charge in [-0.25, -0.2) is 5.84 Å². The molecule has 0 heterocycles. The summed E-state index contributed by atoms with van der Waals surface area (Å²) < 4.78 is 11.4. The summed E-state index contributed by atoms with van der Waals surface area (Å²) >= 11 is 0. The molecule has 0 aromatic heterocycles. The van der Waals surface area contributed by atoms with E-state index in [0.717, 1.165) is 12.0 Å². The fraction of sp³-hybridized carbons (Fsp3) is 0.400. The fourth-order valence-corrected chi connectivity index (χ4v) is 1.51. The molecular weight excluding hydrogens is 256 g/mol. The number of benzene rings is 1. The van der Waals surface area contributed by atoms with Gasteiger partial charge >= 0.3 is 0 Å². The van der Waals surface area contributed by atoms with E-state index in [0.29, 0.717) is 18.1 Å². The first-order valence-corrected chi connectivity index (χ1v) is 6.72. The Morgan fingerprint density at radius 3 is 2.75 bits per heavy atom. The summed E-state index contributed by atoms with van der Waals surface area (Å²) in [7, 11) is 0. The maximum absolute atomic E-state index is 11.1. The van der Waals surface area contributed by atoms with E-state index in [1.165, 1.54) is 6.08 Å². The van der Waals surface area contributed by atoms with Crippen molar-refractivity contribution in [3.8, 4) is 11.5 Å². The summed E-state index contributed by atoms with van der Waals surface area (Å²) in [4.78, 5) is 11.1. The highest BCUT2D eigenvalue weighted by Gasteiger charge is 2.08. The predicted molar refractivity (Wildman–Crippen MR) is 79.4 cm³/mol. The number of rotatable bonds is 7. The zero-order chi connectivity index (χ0) is 15.0. The minimum atomic E-state index is -0.358. The van der Waals surface area contributed by atoms with Crippen molar-refractivity contribution in [1.29, 1.82) is 0 Å². The van der Waals surface area contributed by atoms with Gasteiger partial charge in [0.1, 0.15) is 0 Å². The molecule has 3 N–H and O–H groups in total. The van der Waals surface area contributed by atoms with Crippen molar-refractivity contribution in [2.75, 3.05) is 6.61 Å². The minimum Gasteiger partial charge on any atom is -0.490 e. The number of hydrazine groups is 1. The zero-order valence-corrected chi connectivity index (χ0v) is 12.2. The molecule has 0 fully saturated rings. The largest absolute Gasteiger partial charge is 0.490 e. The second kappa shape index (κ2) is 8.22. The highest BCUT2D eigenvalue weighted by atomic mass is 16.5. The lowest BCUT2D eigenvalue weighted by Gasteiger charge is -2.16. The Hall–Kier alpha value is -2.01. The van der Waals surface area contributed by atoms with Crippen LogP contribution >= 0.6 is 0 Å². The smallest absolute Gasteiger partial charge is 0.257 e. The first-order chi connectivity index (χ1) is 9.60. The summed E-state index contributed by atoms with van der Waals surface area (Å²) in [6.45, 7) is 6.54. The summed E-state index contributed by atoms with van der Waals surface area (Å²) in [6.07, 6.45) is 4.07. The molecule has 1 aromatic carbocycles. The molecule has 0 saturated carbocycles. The predicted octanol–water partition coefficient (Wildman–Crippen LogP) is 2.27. The standard InChI is InChI=1S/C15H22N2O3/c1-4-11(3)20-13-8-6-12(7-9-15(18)17-16)10-14(13)19-5-2/h6-11H,4-5,16H2,1-3H3,(H,17,18)/b9-7+/t11-/m1/s1. The lowest BCUT2D eigenvalue weighted by Crippen LogP contribution is -2.27. The van der Waals surface area contributed by atoms with Crippen LogP contribution in [0.25, 0.3) is 6.08 Å². The lowest BCUT2D eigenvalue weighted by atomic mass is 10.2. The van der Waals surface area contributed by atoms with E-state index in [-0.39, 0.29) is 12.0 Å². The van der Waals surface area contributed by atoms with Crippen molar-refractivity contribution >= 4 is 12.0 Å². The first-order valence-electron chi connectivity index (χ1n) is 6.72. The fourth-order valence-electron chi connectivity index (χ4n) is 1.51. The Morgan fingerprint density at radius 2 is 2.15 bits per heavy atom. The molecule has 110 valence electrons. The van der Waals surface area contributed by atoms with Crippen LogP contribution < -0.4 is 20.7 Å². The van der Waals surface area contributed by atoms with E-state index < -0.39 is 0 Å². The van der Waals surface area contributed by atoms with E-state index in [9.17, 15) is 4.79 Å². The molecule has 1 amide bonds. The van der Waals surface area contributed by atoms with E-state index in [1.54, 1.807) is 6.08 Å². The molecular formula is C15H22N2O3. The van der Waals surface area contributed by atoms with Gasteiger partial charge in [-0.2, -0.15) is 0 Å². The molecule has 0 unspecified atom stereocenters. The number of carbonyl (C=O) groups is 1. The Kier molecular flexibility index (Phi) is 6.59. The van der Waals surface area contributed by atoms with Crippen LogP contribution in [0.1, 0.15) is 32.8 Å². The minimum absolute atomic E-state index is 0.124. The van der Waals surface area contributed by atoms with Gasteiger partial charge in [0, 0.05) is 6.08 Å². The maximum atomic E-state index is 11.1. The number of amides is 1. The van der Waals surface area contributed by atoms with E-state index in [4.69, 9.17) is 15.3 Å². The molecule has 1 rings (SSSR count). The second-order valence-corrected chi connectivity index (χ2v) is 4.32. The number of hydrogen-bond donors (Lipinski definition) is 2. The summed E-state index contributed by atoms with van der Waals surface area (Å²) in [5.41, 5.74) is 2.88. The van der Waals surface area contributed by atoms with Crippen molar-refractivity contribution in [3.05, 3.63) is 29.8 Å². The van der Waals surface area contributed by atoms with Gasteiger partial charge in [0.25, 0.3) is 5.91 Å². The van der Waals surface area contributed by atoms with Crippen LogP contribution in [-0.2, 0) is 4.79 Å². The molecule has 1 atom stereocenters. The van der Waals surface area contributed by atoms with Crippen molar-refractivity contribution in [2.24, 2.45) is 5.84 Å². The Bertz CT molecular complexity index is 472. The summed E-state index contributed by atoms with van der Waals surface area (Å²) in [5.74, 6) is 6.03. The first kappa shape index (κ1) is 16.0. The van der Waals surface area contributed by atoms with Crippen molar-refractivity contribution in [1.82, 2.24) is 5.43 Å². The van der Waals surface area contributed by atoms with E-state index >= 15 is 0 Å². The molecule has 0 saturated heterocycles. The maximum Gasteiger partial charge on any atom is 0.257 e. The zero-order valence-electron chi connectivity index (χ0n) is 12.2. The van der Waals surface area contributed by atoms with E-state index in [2.05, 4.69) is 6.92 Å². The Morgan fingerprint density at radius 1 is 1.40 bits per heavy atom. The normalized spacial score (nSPS) is 12.2. The van der Waals surface area contributed by atoms with Crippen molar-refractivity contribution in [2.45, 2.75) is 33.3 Å². The van der Waals surface area contributed by atoms with Gasteiger partial charge in [-0.05, 0) is 44.0 Å². The van der Waals surface area contributed by atoms with Crippen LogP contribution in [0.15, 0.2) is 24.3 Å². The highest BCUT2D eigenvalue weighted by molar-refractivity contribution is 5.91. The van der Waals surface area contributed by atoms with Crippen LogP contribution in [0.2, 0.25) is 0 Å². The molecule has 0 bridgehead atoms. The third kappa shape index (κ3) is 4.93. The molecule has 0 radical (unpaired) electrons. The van der Waals surface area contributed by atoms with Gasteiger partial charge in [-0.3, -0.25) is 10.2 Å². The van der Waals surface area contributed by atoms with Gasteiger partial charge in [0.15, 0.2) is 11.5 Å². The monoisotopic (exact) mass is 278 g/mol. The van der Waals surface area contributed by atoms with Gasteiger partial charge in [0.05, 0.1) is 12.7 Å². The summed E-state index contributed by atoms with van der Waals surface area (Å²) in [6, 6.07) is 5.54. The van der Waals surface area contributed by atoms with Gasteiger partial charge in [0.2, 0.25) is 0 Å². The van der Waals surface area contributed by atoms with Crippen LogP contribution in [0.3, 0.4) is 0 Å². The van der Waals surface area contributed by atoms with Crippen LogP contribution in [0, 0.1) is 0 Å². The third-order valence-corrected chi connectivity index (χ3v) is 2.74. The number of carbonyl (C=O) groups excluding carboxylic acids is 1. The van der Waals surface area contributed by atoms with E-state index in [1.807, 2.05) is 37.5 Å². The molecule has 0 spiro atoms. The van der Waals surface area contributed by atoms with Gasteiger partial charge in [-0.15, -0.1) is 0 Å². The molecule has 1 aromatic rings. The molecule has 5 nitrogen and oxygen atoms in total. The molecule has 5 heteroatoms. The third-order valence-electron chi connectivity index (χ3n) is 2.74.